The number of aryl methyl sites for hydroxylation is 1. The van der Waals surface area contributed by atoms with Crippen molar-refractivity contribution in [3.8, 4) is 22.8 Å². The van der Waals surface area contributed by atoms with Crippen LogP contribution >= 0.6 is 11.6 Å². The van der Waals surface area contributed by atoms with Crippen molar-refractivity contribution in [2.75, 3.05) is 5.32 Å². The minimum Gasteiger partial charge on any atom is -0.456 e. The Morgan fingerprint density at radius 3 is 2.61 bits per heavy atom. The molecule has 0 saturated heterocycles. The molecule has 0 saturated carbocycles. The van der Waals surface area contributed by atoms with Gasteiger partial charge in [-0.1, -0.05) is 11.6 Å². The second-order valence-electron chi connectivity index (χ2n) is 6.65. The highest BCUT2D eigenvalue weighted by atomic mass is 35.5. The van der Waals surface area contributed by atoms with Gasteiger partial charge in [-0.15, -0.1) is 0 Å². The van der Waals surface area contributed by atoms with E-state index in [4.69, 9.17) is 16.3 Å². The van der Waals surface area contributed by atoms with E-state index in [1.165, 1.54) is 29.9 Å². The van der Waals surface area contributed by atoms with Crippen molar-refractivity contribution in [1.82, 2.24) is 24.3 Å². The Labute approximate surface area is 181 Å². The molecule has 4 aromatic heterocycles. The molecule has 0 radical (unpaired) electrons. The highest BCUT2D eigenvalue weighted by Gasteiger charge is 2.14. The Balaban J connectivity index is 1.46. The number of carbonyl (C=O) groups excluding carboxylic acids is 1. The van der Waals surface area contributed by atoms with Crippen molar-refractivity contribution in [2.45, 2.75) is 0 Å². The van der Waals surface area contributed by atoms with Crippen LogP contribution in [0.1, 0.15) is 10.4 Å². The third kappa shape index (κ3) is 4.46. The largest absolute Gasteiger partial charge is 0.456 e. The summed E-state index contributed by atoms with van der Waals surface area (Å²) in [6.45, 7) is 0. The van der Waals surface area contributed by atoms with E-state index >= 15 is 0 Å². The van der Waals surface area contributed by atoms with E-state index in [1.54, 1.807) is 41.3 Å². The molecule has 4 rings (SSSR count). The molecule has 156 valence electrons. The number of pyridine rings is 3. The number of hydrogen-bond acceptors (Lipinski definition) is 6. The average molecular weight is 437 g/mol. The van der Waals surface area contributed by atoms with Crippen molar-refractivity contribution < 1.29 is 9.53 Å². The van der Waals surface area contributed by atoms with Crippen molar-refractivity contribution in [3.05, 3.63) is 82.3 Å². The lowest BCUT2D eigenvalue weighted by Gasteiger charge is -2.09. The molecule has 1 amide bonds. The summed E-state index contributed by atoms with van der Waals surface area (Å²) in [5.41, 5.74) is 1.07. The molecule has 0 spiro atoms. The van der Waals surface area contributed by atoms with Crippen molar-refractivity contribution in [2.24, 2.45) is 14.1 Å². The van der Waals surface area contributed by atoms with Gasteiger partial charge in [0, 0.05) is 38.1 Å². The fourth-order valence-corrected chi connectivity index (χ4v) is 2.95. The molecule has 0 aliphatic carbocycles. The number of anilines is 1. The Morgan fingerprint density at radius 1 is 1.06 bits per heavy atom. The predicted molar refractivity (Wildman–Crippen MR) is 115 cm³/mol. The normalized spacial score (nSPS) is 10.7. The van der Waals surface area contributed by atoms with Crippen LogP contribution in [0.3, 0.4) is 0 Å². The van der Waals surface area contributed by atoms with Gasteiger partial charge in [0.05, 0.1) is 18.1 Å². The van der Waals surface area contributed by atoms with Crippen LogP contribution < -0.4 is 15.6 Å². The summed E-state index contributed by atoms with van der Waals surface area (Å²) < 4.78 is 8.72. The lowest BCUT2D eigenvalue weighted by atomic mass is 10.2. The molecule has 4 aromatic rings. The number of rotatable bonds is 5. The van der Waals surface area contributed by atoms with Crippen LogP contribution in [0.15, 0.2) is 66.0 Å². The second-order valence-corrected chi connectivity index (χ2v) is 7.04. The minimum atomic E-state index is -0.575. The number of nitrogens with zero attached hydrogens (tertiary/aromatic N) is 5. The van der Waals surface area contributed by atoms with Gasteiger partial charge in [-0.3, -0.25) is 19.3 Å². The summed E-state index contributed by atoms with van der Waals surface area (Å²) >= 11 is 5.88. The first-order chi connectivity index (χ1) is 14.9. The number of aromatic nitrogens is 5. The van der Waals surface area contributed by atoms with Crippen LogP contribution in [0, 0.1) is 0 Å². The quantitative estimate of drug-likeness (QED) is 0.481. The van der Waals surface area contributed by atoms with Crippen LogP contribution in [0.2, 0.25) is 5.15 Å². The van der Waals surface area contributed by atoms with E-state index in [9.17, 15) is 9.59 Å². The van der Waals surface area contributed by atoms with Gasteiger partial charge < -0.3 is 14.6 Å². The molecule has 31 heavy (non-hydrogen) atoms. The Kier molecular flexibility index (Phi) is 5.50. The van der Waals surface area contributed by atoms with E-state index in [2.05, 4.69) is 20.4 Å². The summed E-state index contributed by atoms with van der Waals surface area (Å²) in [4.78, 5) is 33.1. The topological polar surface area (TPSA) is 104 Å². The maximum Gasteiger partial charge on any atom is 0.264 e. The number of carbonyl (C=O) groups is 1. The number of hydrogen-bond donors (Lipinski definition) is 1. The summed E-state index contributed by atoms with van der Waals surface area (Å²) in [5.74, 6) is 0.759. The minimum absolute atomic E-state index is 0.0336. The van der Waals surface area contributed by atoms with Crippen LogP contribution in [-0.4, -0.2) is 30.2 Å². The van der Waals surface area contributed by atoms with Gasteiger partial charge >= 0.3 is 0 Å². The van der Waals surface area contributed by atoms with E-state index < -0.39 is 11.5 Å². The summed E-state index contributed by atoms with van der Waals surface area (Å²) in [6.07, 6.45) is 6.70. The third-order valence-electron chi connectivity index (χ3n) is 4.43. The standard InChI is InChI=1S/C21H17ClN6O3/c1-27-12-13(10-25-27)17-9-14(7-8-23-17)31-15-3-6-19(24-11-15)26-20(29)16-4-5-18(22)28(2)21(16)30/h3-12H,1-2H3,(H,24,26,29). The zero-order valence-electron chi connectivity index (χ0n) is 16.6. The molecule has 1 N–H and O–H groups in total. The molecule has 0 bridgehead atoms. The van der Waals surface area contributed by atoms with Crippen LogP contribution in [0.25, 0.3) is 11.3 Å². The second kappa shape index (κ2) is 8.41. The fourth-order valence-electron chi connectivity index (χ4n) is 2.81. The number of halogens is 1. The lowest BCUT2D eigenvalue weighted by Crippen LogP contribution is -2.27. The molecule has 0 aromatic carbocycles. The van der Waals surface area contributed by atoms with E-state index in [-0.39, 0.29) is 16.5 Å². The number of amides is 1. The third-order valence-corrected chi connectivity index (χ3v) is 4.81. The monoisotopic (exact) mass is 436 g/mol. The summed E-state index contributed by atoms with van der Waals surface area (Å²) in [5, 5.41) is 6.97. The predicted octanol–water partition coefficient (Wildman–Crippen LogP) is 3.27. The van der Waals surface area contributed by atoms with Gasteiger partial charge in [-0.05, 0) is 30.3 Å². The molecule has 0 aliphatic heterocycles. The van der Waals surface area contributed by atoms with Crippen LogP contribution in [-0.2, 0) is 14.1 Å². The van der Waals surface area contributed by atoms with Crippen molar-refractivity contribution >= 4 is 23.3 Å². The zero-order valence-corrected chi connectivity index (χ0v) is 17.4. The molecule has 4 heterocycles. The van der Waals surface area contributed by atoms with Crippen molar-refractivity contribution in [1.29, 1.82) is 0 Å². The molecule has 9 nitrogen and oxygen atoms in total. The average Bonchev–Trinajstić information content (AvgIpc) is 3.20. The lowest BCUT2D eigenvalue weighted by molar-refractivity contribution is 0.102. The maximum atomic E-state index is 12.4. The molecule has 0 aliphatic rings. The van der Waals surface area contributed by atoms with Gasteiger partial charge in [-0.2, -0.15) is 5.10 Å². The van der Waals surface area contributed by atoms with Crippen molar-refractivity contribution in [3.63, 3.8) is 0 Å². The first-order valence-electron chi connectivity index (χ1n) is 9.16. The summed E-state index contributed by atoms with van der Waals surface area (Å²) in [7, 11) is 3.32. The Morgan fingerprint density at radius 2 is 1.90 bits per heavy atom. The van der Waals surface area contributed by atoms with Gasteiger partial charge in [-0.25, -0.2) is 4.98 Å². The van der Waals surface area contributed by atoms with Gasteiger partial charge in [0.1, 0.15) is 28.0 Å². The van der Waals surface area contributed by atoms with E-state index in [0.717, 1.165) is 11.3 Å². The first kappa shape index (κ1) is 20.3. The molecular weight excluding hydrogens is 420 g/mol. The van der Waals surface area contributed by atoms with Gasteiger partial charge in [0.2, 0.25) is 0 Å². The van der Waals surface area contributed by atoms with E-state index in [1.807, 2.05) is 13.2 Å². The fraction of sp³-hybridized carbons (Fsp3) is 0.0952. The molecule has 0 unspecified atom stereocenters. The number of ether oxygens (including phenoxy) is 1. The summed E-state index contributed by atoms with van der Waals surface area (Å²) in [6, 6.07) is 9.62. The van der Waals surface area contributed by atoms with Crippen LogP contribution in [0.4, 0.5) is 5.82 Å². The molecule has 0 fully saturated rings. The zero-order chi connectivity index (χ0) is 22.0. The SMILES string of the molecule is Cn1cc(-c2cc(Oc3ccc(NC(=O)c4ccc(Cl)n(C)c4=O)nc3)ccn2)cn1. The first-order valence-corrected chi connectivity index (χ1v) is 9.54. The molecular formula is C21H17ClN6O3. The highest BCUT2D eigenvalue weighted by molar-refractivity contribution is 6.29. The van der Waals surface area contributed by atoms with Gasteiger partial charge in [0.25, 0.3) is 11.5 Å². The Hall–Kier alpha value is -3.98. The molecule has 10 heteroatoms. The number of nitrogens with one attached hydrogen (secondary N) is 1. The van der Waals surface area contributed by atoms with Crippen LogP contribution in [0.5, 0.6) is 11.5 Å². The Bertz CT molecular complexity index is 1310. The molecule has 0 atom stereocenters. The van der Waals surface area contributed by atoms with Gasteiger partial charge in [0.15, 0.2) is 0 Å². The highest BCUT2D eigenvalue weighted by Crippen LogP contribution is 2.25. The smallest absolute Gasteiger partial charge is 0.264 e. The van der Waals surface area contributed by atoms with E-state index in [0.29, 0.717) is 11.5 Å². The maximum absolute atomic E-state index is 12.4.